The Kier molecular flexibility index (Phi) is 3.44. The number of carbonyl (C=O) groups is 1. The SMILES string of the molecule is CNC(=O)C(NC)c1cc2c(o1)C=CC=CC2. The van der Waals surface area contributed by atoms with Crippen molar-refractivity contribution in [3.8, 4) is 0 Å². The monoisotopic (exact) mass is 232 g/mol. The number of likely N-dealkylation sites (N-methyl/N-ethyl adjacent to an activating group) is 2. The third kappa shape index (κ3) is 2.31. The Bertz CT molecular complexity index is 472. The maximum Gasteiger partial charge on any atom is 0.244 e. The molecular weight excluding hydrogens is 216 g/mol. The molecule has 90 valence electrons. The Morgan fingerprint density at radius 2 is 2.24 bits per heavy atom. The summed E-state index contributed by atoms with van der Waals surface area (Å²) in [5.74, 6) is 1.38. The highest BCUT2D eigenvalue weighted by atomic mass is 16.3. The van der Waals surface area contributed by atoms with Gasteiger partial charge < -0.3 is 15.1 Å². The lowest BCUT2D eigenvalue weighted by Gasteiger charge is -2.11. The van der Waals surface area contributed by atoms with E-state index in [2.05, 4.69) is 16.7 Å². The third-order valence-electron chi connectivity index (χ3n) is 2.78. The molecule has 1 heterocycles. The lowest BCUT2D eigenvalue weighted by Crippen LogP contribution is -2.33. The quantitative estimate of drug-likeness (QED) is 0.828. The van der Waals surface area contributed by atoms with Crippen LogP contribution in [-0.4, -0.2) is 20.0 Å². The first-order valence-electron chi connectivity index (χ1n) is 5.61. The molecule has 0 saturated heterocycles. The summed E-state index contributed by atoms with van der Waals surface area (Å²) in [6.45, 7) is 0. The predicted octanol–water partition coefficient (Wildman–Crippen LogP) is 1.41. The molecule has 1 amide bonds. The maximum absolute atomic E-state index is 11.7. The largest absolute Gasteiger partial charge is 0.459 e. The first-order chi connectivity index (χ1) is 8.26. The van der Waals surface area contributed by atoms with Crippen LogP contribution in [0.3, 0.4) is 0 Å². The average molecular weight is 232 g/mol. The van der Waals surface area contributed by atoms with Crippen molar-refractivity contribution in [2.45, 2.75) is 12.5 Å². The molecular formula is C13H16N2O2. The minimum absolute atomic E-state index is 0.101. The lowest BCUT2D eigenvalue weighted by molar-refractivity contribution is -0.123. The second kappa shape index (κ2) is 5.01. The molecule has 0 bridgehead atoms. The Labute approximate surface area is 100 Å². The molecule has 0 aromatic carbocycles. The summed E-state index contributed by atoms with van der Waals surface area (Å²) in [6, 6.07) is 1.50. The molecule has 2 rings (SSSR count). The molecule has 4 nitrogen and oxygen atoms in total. The van der Waals surface area contributed by atoms with Crippen LogP contribution in [0.4, 0.5) is 0 Å². The van der Waals surface area contributed by atoms with Crippen LogP contribution in [0.5, 0.6) is 0 Å². The van der Waals surface area contributed by atoms with Crippen LogP contribution in [0.25, 0.3) is 6.08 Å². The Morgan fingerprint density at radius 1 is 1.41 bits per heavy atom. The van der Waals surface area contributed by atoms with Crippen molar-refractivity contribution < 1.29 is 9.21 Å². The van der Waals surface area contributed by atoms with Gasteiger partial charge in [0.1, 0.15) is 17.6 Å². The highest BCUT2D eigenvalue weighted by molar-refractivity contribution is 5.82. The molecule has 2 N–H and O–H groups in total. The van der Waals surface area contributed by atoms with Gasteiger partial charge in [-0.05, 0) is 25.6 Å². The number of allylic oxidation sites excluding steroid dienone is 3. The van der Waals surface area contributed by atoms with Gasteiger partial charge >= 0.3 is 0 Å². The van der Waals surface area contributed by atoms with Crippen molar-refractivity contribution in [2.75, 3.05) is 14.1 Å². The van der Waals surface area contributed by atoms with Crippen molar-refractivity contribution in [1.82, 2.24) is 10.6 Å². The van der Waals surface area contributed by atoms with E-state index < -0.39 is 6.04 Å². The van der Waals surface area contributed by atoms with Crippen LogP contribution in [0.15, 0.2) is 28.7 Å². The van der Waals surface area contributed by atoms with Gasteiger partial charge in [-0.3, -0.25) is 4.79 Å². The maximum atomic E-state index is 11.7. The number of hydrogen-bond acceptors (Lipinski definition) is 3. The third-order valence-corrected chi connectivity index (χ3v) is 2.78. The number of fused-ring (bicyclic) bond motifs is 1. The number of amides is 1. The summed E-state index contributed by atoms with van der Waals surface area (Å²) in [5, 5.41) is 5.56. The molecule has 4 heteroatoms. The normalized spacial score (nSPS) is 15.2. The van der Waals surface area contributed by atoms with Crippen molar-refractivity contribution in [1.29, 1.82) is 0 Å². The molecule has 0 radical (unpaired) electrons. The van der Waals surface area contributed by atoms with Gasteiger partial charge in [0.15, 0.2) is 0 Å². The van der Waals surface area contributed by atoms with Gasteiger partial charge in [-0.2, -0.15) is 0 Å². The van der Waals surface area contributed by atoms with Gasteiger partial charge in [0.2, 0.25) is 5.91 Å². The van der Waals surface area contributed by atoms with Gasteiger partial charge in [0.25, 0.3) is 0 Å². The van der Waals surface area contributed by atoms with E-state index in [4.69, 9.17) is 4.42 Å². The van der Waals surface area contributed by atoms with Crippen LogP contribution >= 0.6 is 0 Å². The fourth-order valence-corrected chi connectivity index (χ4v) is 1.87. The second-order valence-electron chi connectivity index (χ2n) is 3.87. The van der Waals surface area contributed by atoms with E-state index in [-0.39, 0.29) is 5.91 Å². The van der Waals surface area contributed by atoms with Gasteiger partial charge in [0, 0.05) is 12.6 Å². The highest BCUT2D eigenvalue weighted by Gasteiger charge is 2.22. The Hall–Kier alpha value is -1.81. The molecule has 1 aromatic rings. The van der Waals surface area contributed by atoms with Crippen molar-refractivity contribution in [3.63, 3.8) is 0 Å². The number of hydrogen-bond donors (Lipinski definition) is 2. The smallest absolute Gasteiger partial charge is 0.244 e. The van der Waals surface area contributed by atoms with Gasteiger partial charge in [-0.15, -0.1) is 0 Å². The number of rotatable bonds is 3. The number of nitrogens with one attached hydrogen (secondary N) is 2. The van der Waals surface area contributed by atoms with Crippen LogP contribution in [-0.2, 0) is 11.2 Å². The lowest BCUT2D eigenvalue weighted by atomic mass is 10.1. The van der Waals surface area contributed by atoms with Gasteiger partial charge in [-0.25, -0.2) is 0 Å². The van der Waals surface area contributed by atoms with Gasteiger partial charge in [0.05, 0.1) is 0 Å². The predicted molar refractivity (Wildman–Crippen MR) is 66.5 cm³/mol. The first-order valence-corrected chi connectivity index (χ1v) is 5.61. The average Bonchev–Trinajstić information content (AvgIpc) is 2.61. The highest BCUT2D eigenvalue weighted by Crippen LogP contribution is 2.24. The fraction of sp³-hybridized carbons (Fsp3) is 0.308. The minimum Gasteiger partial charge on any atom is -0.459 e. The van der Waals surface area contributed by atoms with E-state index in [9.17, 15) is 4.79 Å². The van der Waals surface area contributed by atoms with Crippen LogP contribution in [0, 0.1) is 0 Å². The molecule has 0 spiro atoms. The zero-order valence-corrected chi connectivity index (χ0v) is 9.99. The van der Waals surface area contributed by atoms with Crippen LogP contribution in [0.2, 0.25) is 0 Å². The summed E-state index contributed by atoms with van der Waals surface area (Å²) in [4.78, 5) is 11.7. The van der Waals surface area contributed by atoms with Crippen LogP contribution < -0.4 is 10.6 Å². The van der Waals surface area contributed by atoms with E-state index in [0.717, 1.165) is 17.7 Å². The molecule has 17 heavy (non-hydrogen) atoms. The van der Waals surface area contributed by atoms with Crippen molar-refractivity contribution in [2.24, 2.45) is 0 Å². The first kappa shape index (κ1) is 11.7. The molecule has 1 aromatic heterocycles. The van der Waals surface area contributed by atoms with Gasteiger partial charge in [-0.1, -0.05) is 18.2 Å². The fourth-order valence-electron chi connectivity index (χ4n) is 1.87. The standard InChI is InChI=1S/C13H16N2O2/c1-14-12(13(16)15-2)11-8-9-6-4-3-5-7-10(9)17-11/h3-5,7-8,12,14H,6H2,1-2H3,(H,15,16). The summed E-state index contributed by atoms with van der Waals surface area (Å²) in [5.41, 5.74) is 1.11. The summed E-state index contributed by atoms with van der Waals surface area (Å²) in [6.07, 6.45) is 8.74. The number of carbonyl (C=O) groups excluding carboxylic acids is 1. The molecule has 1 atom stereocenters. The zero-order chi connectivity index (χ0) is 12.3. The molecule has 1 aliphatic rings. The number of furan rings is 1. The summed E-state index contributed by atoms with van der Waals surface area (Å²) >= 11 is 0. The second-order valence-corrected chi connectivity index (χ2v) is 3.87. The van der Waals surface area contributed by atoms with E-state index >= 15 is 0 Å². The van der Waals surface area contributed by atoms with Crippen molar-refractivity contribution in [3.05, 3.63) is 41.4 Å². The summed E-state index contributed by atoms with van der Waals surface area (Å²) in [7, 11) is 3.35. The molecule has 1 aliphatic carbocycles. The topological polar surface area (TPSA) is 54.3 Å². The van der Waals surface area contributed by atoms with Crippen molar-refractivity contribution >= 4 is 12.0 Å². The molecule has 1 unspecified atom stereocenters. The molecule has 0 aliphatic heterocycles. The Balaban J connectivity index is 2.31. The molecule has 0 saturated carbocycles. The Morgan fingerprint density at radius 3 is 2.94 bits per heavy atom. The van der Waals surface area contributed by atoms with E-state index in [1.54, 1.807) is 14.1 Å². The zero-order valence-electron chi connectivity index (χ0n) is 9.99. The van der Waals surface area contributed by atoms with E-state index in [1.165, 1.54) is 0 Å². The van der Waals surface area contributed by atoms with E-state index in [0.29, 0.717) is 5.76 Å². The van der Waals surface area contributed by atoms with Crippen LogP contribution in [0.1, 0.15) is 23.1 Å². The summed E-state index contributed by atoms with van der Waals surface area (Å²) < 4.78 is 5.71. The minimum atomic E-state index is -0.440. The van der Waals surface area contributed by atoms with E-state index in [1.807, 2.05) is 24.3 Å². The molecule has 0 fully saturated rings.